The minimum absolute atomic E-state index is 0.107. The van der Waals surface area contributed by atoms with Gasteiger partial charge < -0.3 is 15.0 Å². The van der Waals surface area contributed by atoms with E-state index in [-0.39, 0.29) is 30.8 Å². The fourth-order valence-electron chi connectivity index (χ4n) is 4.33. The molecule has 1 aromatic carbocycles. The third kappa shape index (κ3) is 8.98. The van der Waals surface area contributed by atoms with Crippen LogP contribution in [0, 0.1) is 5.92 Å². The van der Waals surface area contributed by atoms with Gasteiger partial charge in [-0.15, -0.1) is 0 Å². The second kappa shape index (κ2) is 14.5. The number of hydroxylamine groups is 1. The van der Waals surface area contributed by atoms with Crippen molar-refractivity contribution in [1.29, 1.82) is 0 Å². The summed E-state index contributed by atoms with van der Waals surface area (Å²) in [6.07, 6.45) is 4.20. The molecule has 1 aliphatic heterocycles. The largest absolute Gasteiger partial charge is 0.464 e. The molecule has 0 aromatic heterocycles. The van der Waals surface area contributed by atoms with Crippen LogP contribution >= 0.6 is 0 Å². The topological polar surface area (TPSA) is 125 Å². The third-order valence-corrected chi connectivity index (χ3v) is 6.14. The van der Waals surface area contributed by atoms with E-state index in [1.165, 1.54) is 0 Å². The lowest BCUT2D eigenvalue weighted by molar-refractivity contribution is -0.149. The molecule has 0 fully saturated rings. The zero-order chi connectivity index (χ0) is 25.8. The molecule has 9 heteroatoms. The average Bonchev–Trinajstić information content (AvgIpc) is 2.84. The number of hydrogen-bond donors (Lipinski definition) is 3. The maximum atomic E-state index is 13.4. The van der Waals surface area contributed by atoms with Gasteiger partial charge in [-0.05, 0) is 43.2 Å². The predicted molar refractivity (Wildman–Crippen MR) is 130 cm³/mol. The lowest BCUT2D eigenvalue weighted by Crippen LogP contribution is -2.55. The van der Waals surface area contributed by atoms with Crippen molar-refractivity contribution in [2.45, 2.75) is 90.8 Å². The molecule has 2 rings (SSSR count). The monoisotopic (exact) mass is 489 g/mol. The summed E-state index contributed by atoms with van der Waals surface area (Å²) in [5.74, 6) is -1.15. The van der Waals surface area contributed by atoms with Crippen molar-refractivity contribution in [3.05, 3.63) is 35.4 Å². The Bertz CT molecular complexity index is 872. The summed E-state index contributed by atoms with van der Waals surface area (Å²) in [6.45, 7) is 6.25. The van der Waals surface area contributed by atoms with Gasteiger partial charge in [0.2, 0.25) is 17.7 Å². The van der Waals surface area contributed by atoms with E-state index in [1.807, 2.05) is 38.1 Å². The number of rotatable bonds is 13. The summed E-state index contributed by atoms with van der Waals surface area (Å²) >= 11 is 0. The van der Waals surface area contributed by atoms with Gasteiger partial charge >= 0.3 is 5.97 Å². The Hall–Kier alpha value is -2.94. The summed E-state index contributed by atoms with van der Waals surface area (Å²) in [6, 6.07) is 6.32. The fourth-order valence-corrected chi connectivity index (χ4v) is 4.33. The van der Waals surface area contributed by atoms with Crippen molar-refractivity contribution < 1.29 is 29.1 Å². The van der Waals surface area contributed by atoms with Crippen LogP contribution in [-0.4, -0.2) is 52.5 Å². The fraction of sp³-hybridized carbons (Fsp3) is 0.615. The van der Waals surface area contributed by atoms with E-state index in [0.717, 1.165) is 24.0 Å². The smallest absolute Gasteiger partial charge is 0.328 e. The number of hydrogen-bond acceptors (Lipinski definition) is 6. The Morgan fingerprint density at radius 3 is 2.34 bits per heavy atom. The number of esters is 1. The van der Waals surface area contributed by atoms with E-state index >= 15 is 0 Å². The van der Waals surface area contributed by atoms with E-state index < -0.39 is 24.0 Å². The van der Waals surface area contributed by atoms with Crippen molar-refractivity contribution in [2.24, 2.45) is 5.92 Å². The molecule has 0 saturated carbocycles. The lowest BCUT2D eigenvalue weighted by atomic mass is 9.92. The van der Waals surface area contributed by atoms with Crippen molar-refractivity contribution >= 4 is 23.7 Å². The zero-order valence-corrected chi connectivity index (χ0v) is 21.0. The highest BCUT2D eigenvalue weighted by Gasteiger charge is 2.36. The number of ether oxygens (including phenoxy) is 1. The van der Waals surface area contributed by atoms with Gasteiger partial charge in [0.25, 0.3) is 0 Å². The molecule has 1 heterocycles. The first-order valence-corrected chi connectivity index (χ1v) is 12.5. The zero-order valence-electron chi connectivity index (χ0n) is 21.0. The SMILES string of the molecule is CCOC(=O)C(CC(C)C)NC(=O)C1Cc2ccccc2CN1C(=O)CCCCCCC(=O)NO. The summed E-state index contributed by atoms with van der Waals surface area (Å²) in [5, 5.41) is 11.4. The van der Waals surface area contributed by atoms with Crippen LogP contribution in [0.4, 0.5) is 0 Å². The number of nitrogens with one attached hydrogen (secondary N) is 2. The normalized spacial score (nSPS) is 15.8. The van der Waals surface area contributed by atoms with E-state index in [1.54, 1.807) is 17.3 Å². The van der Waals surface area contributed by atoms with Gasteiger partial charge in [0.15, 0.2) is 0 Å². The molecule has 0 radical (unpaired) electrons. The van der Waals surface area contributed by atoms with Gasteiger partial charge in [-0.3, -0.25) is 19.6 Å². The van der Waals surface area contributed by atoms with Gasteiger partial charge in [-0.1, -0.05) is 51.0 Å². The van der Waals surface area contributed by atoms with Gasteiger partial charge in [-0.25, -0.2) is 10.3 Å². The number of benzene rings is 1. The Morgan fingerprint density at radius 1 is 1.06 bits per heavy atom. The highest BCUT2D eigenvalue weighted by Crippen LogP contribution is 2.25. The Balaban J connectivity index is 2.06. The first-order valence-electron chi connectivity index (χ1n) is 12.5. The quantitative estimate of drug-likeness (QED) is 0.169. The lowest BCUT2D eigenvalue weighted by Gasteiger charge is -2.37. The molecule has 2 atom stereocenters. The molecule has 2 unspecified atom stereocenters. The maximum Gasteiger partial charge on any atom is 0.328 e. The van der Waals surface area contributed by atoms with Crippen molar-refractivity contribution in [3.8, 4) is 0 Å². The van der Waals surface area contributed by atoms with Crippen LogP contribution in [0.3, 0.4) is 0 Å². The molecule has 194 valence electrons. The molecule has 35 heavy (non-hydrogen) atoms. The second-order valence-electron chi connectivity index (χ2n) is 9.40. The summed E-state index contributed by atoms with van der Waals surface area (Å²) < 4.78 is 5.16. The van der Waals surface area contributed by atoms with Crippen LogP contribution in [0.15, 0.2) is 24.3 Å². The minimum atomic E-state index is -0.757. The van der Waals surface area contributed by atoms with Gasteiger partial charge in [0.05, 0.1) is 6.61 Å². The number of unbranched alkanes of at least 4 members (excludes halogenated alkanes) is 3. The van der Waals surface area contributed by atoms with Crippen LogP contribution in [-0.2, 0) is 36.9 Å². The summed E-state index contributed by atoms with van der Waals surface area (Å²) in [4.78, 5) is 51.7. The number of nitrogens with zero attached hydrogens (tertiary/aromatic N) is 1. The van der Waals surface area contributed by atoms with Gasteiger partial charge in [0, 0.05) is 25.8 Å². The molecule has 3 amide bonds. The van der Waals surface area contributed by atoms with Crippen molar-refractivity contribution in [1.82, 2.24) is 15.7 Å². The molecule has 0 saturated heterocycles. The number of carbonyl (C=O) groups excluding carboxylic acids is 4. The van der Waals surface area contributed by atoms with Gasteiger partial charge in [0.1, 0.15) is 12.1 Å². The predicted octanol–water partition coefficient (Wildman–Crippen LogP) is 2.88. The van der Waals surface area contributed by atoms with Crippen molar-refractivity contribution in [3.63, 3.8) is 0 Å². The molecule has 0 aliphatic carbocycles. The Labute approximate surface area is 207 Å². The number of fused-ring (bicyclic) bond motifs is 1. The second-order valence-corrected chi connectivity index (χ2v) is 9.40. The molecule has 0 bridgehead atoms. The maximum absolute atomic E-state index is 13.4. The van der Waals surface area contributed by atoms with Crippen LogP contribution in [0.25, 0.3) is 0 Å². The van der Waals surface area contributed by atoms with Gasteiger partial charge in [-0.2, -0.15) is 0 Å². The van der Waals surface area contributed by atoms with Crippen LogP contribution in [0.2, 0.25) is 0 Å². The van der Waals surface area contributed by atoms with Crippen LogP contribution in [0.1, 0.15) is 76.8 Å². The van der Waals surface area contributed by atoms with Crippen LogP contribution < -0.4 is 10.8 Å². The first kappa shape index (κ1) is 28.3. The molecule has 3 N–H and O–H groups in total. The highest BCUT2D eigenvalue weighted by molar-refractivity contribution is 5.91. The highest BCUT2D eigenvalue weighted by atomic mass is 16.5. The number of carbonyl (C=O) groups is 4. The summed E-state index contributed by atoms with van der Waals surface area (Å²) in [5.41, 5.74) is 3.65. The average molecular weight is 490 g/mol. The molecule has 9 nitrogen and oxygen atoms in total. The van der Waals surface area contributed by atoms with E-state index in [0.29, 0.717) is 38.6 Å². The molecule has 1 aromatic rings. The first-order chi connectivity index (χ1) is 16.8. The van der Waals surface area contributed by atoms with E-state index in [2.05, 4.69) is 5.32 Å². The van der Waals surface area contributed by atoms with E-state index in [9.17, 15) is 19.2 Å². The third-order valence-electron chi connectivity index (χ3n) is 6.14. The van der Waals surface area contributed by atoms with E-state index in [4.69, 9.17) is 9.94 Å². The van der Waals surface area contributed by atoms with Crippen LogP contribution in [0.5, 0.6) is 0 Å². The molecule has 0 spiro atoms. The standard InChI is InChI=1S/C26H39N3O6/c1-4-35-26(33)21(15-18(2)3)27-25(32)22-16-19-11-9-10-12-20(19)17-29(22)24(31)14-8-6-5-7-13-23(30)28-34/h9-12,18,21-22,34H,4-8,13-17H2,1-3H3,(H,27,32)(H,28,30). The summed E-state index contributed by atoms with van der Waals surface area (Å²) in [7, 11) is 0. The molecule has 1 aliphatic rings. The molecular formula is C26H39N3O6. The Morgan fingerprint density at radius 2 is 1.71 bits per heavy atom. The van der Waals surface area contributed by atoms with Crippen molar-refractivity contribution in [2.75, 3.05) is 6.61 Å². The Kier molecular flexibility index (Phi) is 11.7. The molecular weight excluding hydrogens is 450 g/mol. The number of amides is 3. The minimum Gasteiger partial charge on any atom is -0.464 e.